The number of aryl methyl sites for hydroxylation is 1. The van der Waals surface area contributed by atoms with Crippen LogP contribution in [0.1, 0.15) is 31.4 Å². The molecule has 1 aliphatic rings. The number of benzene rings is 1. The third-order valence-electron chi connectivity index (χ3n) is 3.67. The van der Waals surface area contributed by atoms with Crippen LogP contribution in [-0.2, 0) is 0 Å². The minimum absolute atomic E-state index is 0.0662. The maximum Gasteiger partial charge on any atom is 0.197 e. The fourth-order valence-corrected chi connectivity index (χ4v) is 3.85. The summed E-state index contributed by atoms with van der Waals surface area (Å²) in [5.74, 6) is -0.244. The summed E-state index contributed by atoms with van der Waals surface area (Å²) in [6.07, 6.45) is 1.48. The van der Waals surface area contributed by atoms with E-state index in [1.807, 2.05) is 19.1 Å². The molecule has 1 aromatic carbocycles. The number of furan rings is 1. The number of hydrogen-bond donors (Lipinski definition) is 0. The fourth-order valence-electron chi connectivity index (χ4n) is 2.64. The van der Waals surface area contributed by atoms with Gasteiger partial charge < -0.3 is 4.42 Å². The Kier molecular flexibility index (Phi) is 3.23. The number of carbonyl (C=O) groups excluding carboxylic acids is 2. The summed E-state index contributed by atoms with van der Waals surface area (Å²) in [7, 11) is 0. The van der Waals surface area contributed by atoms with Crippen molar-refractivity contribution in [1.82, 2.24) is 0 Å². The molecule has 0 radical (unpaired) electrons. The van der Waals surface area contributed by atoms with E-state index in [0.29, 0.717) is 5.76 Å². The van der Waals surface area contributed by atoms with Crippen molar-refractivity contribution in [2.45, 2.75) is 6.92 Å². The molecule has 0 atom stereocenters. The monoisotopic (exact) mass is 362 g/mol. The van der Waals surface area contributed by atoms with E-state index in [1.54, 1.807) is 11.3 Å². The number of thiophene rings is 1. The summed E-state index contributed by atoms with van der Waals surface area (Å²) >= 11 is 13.5. The molecular formula is C17H8Cl2O3S. The molecule has 0 N–H and O–H groups in total. The minimum atomic E-state index is -0.362. The van der Waals surface area contributed by atoms with Gasteiger partial charge in [0, 0.05) is 22.1 Å². The van der Waals surface area contributed by atoms with E-state index in [-0.39, 0.29) is 38.3 Å². The predicted octanol–water partition coefficient (Wildman–Crippen LogP) is 5.57. The summed E-state index contributed by atoms with van der Waals surface area (Å²) in [4.78, 5) is 26.0. The van der Waals surface area contributed by atoms with Crippen molar-refractivity contribution in [2.24, 2.45) is 0 Å². The van der Waals surface area contributed by atoms with Gasteiger partial charge in [0.15, 0.2) is 11.6 Å². The first-order valence-corrected chi connectivity index (χ1v) is 8.31. The van der Waals surface area contributed by atoms with Crippen LogP contribution in [0, 0.1) is 6.92 Å². The number of halogens is 2. The van der Waals surface area contributed by atoms with E-state index in [1.165, 1.54) is 18.2 Å². The van der Waals surface area contributed by atoms with Gasteiger partial charge >= 0.3 is 0 Å². The molecule has 0 unspecified atom stereocenters. The molecule has 6 heteroatoms. The second kappa shape index (κ2) is 5.06. The second-order valence-corrected chi connectivity index (χ2v) is 7.36. The first-order chi connectivity index (χ1) is 10.9. The zero-order chi connectivity index (χ0) is 16.3. The molecule has 2 heterocycles. The van der Waals surface area contributed by atoms with Gasteiger partial charge in [-0.2, -0.15) is 0 Å². The van der Waals surface area contributed by atoms with Gasteiger partial charge in [0.25, 0.3) is 0 Å². The van der Waals surface area contributed by atoms with Crippen LogP contribution in [-0.4, -0.2) is 11.6 Å². The van der Waals surface area contributed by atoms with Crippen molar-refractivity contribution in [3.63, 3.8) is 0 Å². The molecule has 2 aromatic heterocycles. The Hall–Kier alpha value is -1.88. The highest BCUT2D eigenvalue weighted by Crippen LogP contribution is 2.35. The molecule has 1 aliphatic carbocycles. The molecule has 0 bridgehead atoms. The van der Waals surface area contributed by atoms with Gasteiger partial charge in [0.05, 0.1) is 20.3 Å². The molecule has 0 saturated carbocycles. The van der Waals surface area contributed by atoms with Gasteiger partial charge in [-0.25, -0.2) is 0 Å². The second-order valence-electron chi connectivity index (χ2n) is 5.26. The number of allylic oxidation sites excluding steroid dienone is 1. The molecule has 0 amide bonds. The Morgan fingerprint density at radius 2 is 1.61 bits per heavy atom. The van der Waals surface area contributed by atoms with E-state index in [4.69, 9.17) is 27.6 Å². The largest absolute Gasteiger partial charge is 0.456 e. The third-order valence-corrected chi connectivity index (χ3v) is 5.38. The summed E-state index contributed by atoms with van der Waals surface area (Å²) in [5, 5.41) is 0.503. The lowest BCUT2D eigenvalue weighted by atomic mass is 10.1. The number of carbonyl (C=O) groups is 2. The van der Waals surface area contributed by atoms with Crippen LogP contribution >= 0.6 is 34.5 Å². The maximum absolute atomic E-state index is 12.5. The van der Waals surface area contributed by atoms with Crippen LogP contribution in [0.2, 0.25) is 10.0 Å². The lowest BCUT2D eigenvalue weighted by Crippen LogP contribution is -1.99. The lowest BCUT2D eigenvalue weighted by Gasteiger charge is -1.98. The minimum Gasteiger partial charge on any atom is -0.456 e. The van der Waals surface area contributed by atoms with Crippen LogP contribution in [0.5, 0.6) is 0 Å². The standard InChI is InChI=1S/C17H8Cl2O3S/c1-7-2-14-15(23-7)4-8(22-14)3-11-16(20)9-5-12(18)13(19)6-10(9)17(11)21/h2-6H,1H3. The normalized spacial score (nSPS) is 14.0. The topological polar surface area (TPSA) is 47.3 Å². The van der Waals surface area contributed by atoms with Gasteiger partial charge in [0.2, 0.25) is 0 Å². The molecular weight excluding hydrogens is 355 g/mol. The Labute approximate surface area is 145 Å². The summed E-state index contributed by atoms with van der Waals surface area (Å²) in [5.41, 5.74) is 1.37. The van der Waals surface area contributed by atoms with Gasteiger partial charge in [0.1, 0.15) is 11.3 Å². The van der Waals surface area contributed by atoms with Crippen LogP contribution in [0.3, 0.4) is 0 Å². The molecule has 0 fully saturated rings. The fraction of sp³-hybridized carbons (Fsp3) is 0.0588. The van der Waals surface area contributed by atoms with Gasteiger partial charge in [-0.05, 0) is 31.2 Å². The van der Waals surface area contributed by atoms with Crippen LogP contribution in [0.15, 0.2) is 34.3 Å². The summed E-state index contributed by atoms with van der Waals surface area (Å²) < 4.78 is 6.65. The zero-order valence-electron chi connectivity index (χ0n) is 11.8. The average molecular weight is 363 g/mol. The summed E-state index contributed by atoms with van der Waals surface area (Å²) in [6, 6.07) is 6.62. The molecule has 23 heavy (non-hydrogen) atoms. The Balaban J connectivity index is 1.81. The third kappa shape index (κ3) is 2.26. The smallest absolute Gasteiger partial charge is 0.197 e. The maximum atomic E-state index is 12.5. The number of rotatable bonds is 1. The predicted molar refractivity (Wildman–Crippen MR) is 91.9 cm³/mol. The molecule has 0 spiro atoms. The van der Waals surface area contributed by atoms with Gasteiger partial charge in [-0.1, -0.05) is 23.2 Å². The number of hydrogen-bond acceptors (Lipinski definition) is 4. The first kappa shape index (κ1) is 14.7. The van der Waals surface area contributed by atoms with Crippen LogP contribution < -0.4 is 0 Å². The highest BCUT2D eigenvalue weighted by Gasteiger charge is 2.34. The van der Waals surface area contributed by atoms with E-state index >= 15 is 0 Å². The molecule has 0 saturated heterocycles. The van der Waals surface area contributed by atoms with Crippen LogP contribution in [0.4, 0.5) is 0 Å². The lowest BCUT2D eigenvalue weighted by molar-refractivity contribution is 0.0990. The van der Waals surface area contributed by atoms with Crippen molar-refractivity contribution in [2.75, 3.05) is 0 Å². The molecule has 3 aromatic rings. The van der Waals surface area contributed by atoms with E-state index in [0.717, 1.165) is 15.2 Å². The van der Waals surface area contributed by atoms with Gasteiger partial charge in [-0.15, -0.1) is 11.3 Å². The van der Waals surface area contributed by atoms with Crippen molar-refractivity contribution in [1.29, 1.82) is 0 Å². The average Bonchev–Trinajstić information content (AvgIpc) is 3.07. The zero-order valence-corrected chi connectivity index (χ0v) is 14.1. The van der Waals surface area contributed by atoms with Crippen molar-refractivity contribution in [3.8, 4) is 0 Å². The number of Topliss-reactive ketones (excluding diaryl/α,β-unsaturated/α-hetero) is 2. The van der Waals surface area contributed by atoms with E-state index < -0.39 is 0 Å². The first-order valence-electron chi connectivity index (χ1n) is 6.74. The molecule has 4 rings (SSSR count). The van der Waals surface area contributed by atoms with Crippen molar-refractivity contribution >= 4 is 62.5 Å². The van der Waals surface area contributed by atoms with E-state index in [2.05, 4.69) is 0 Å². The SMILES string of the molecule is Cc1cc2oc(C=C3C(=O)c4cc(Cl)c(Cl)cc4C3=O)cc2s1. The van der Waals surface area contributed by atoms with Gasteiger partial charge in [-0.3, -0.25) is 9.59 Å². The number of fused-ring (bicyclic) bond motifs is 2. The highest BCUT2D eigenvalue weighted by atomic mass is 35.5. The quantitative estimate of drug-likeness (QED) is 0.419. The highest BCUT2D eigenvalue weighted by molar-refractivity contribution is 7.18. The Morgan fingerprint density at radius 1 is 1.00 bits per heavy atom. The molecule has 114 valence electrons. The number of ketones is 2. The molecule has 3 nitrogen and oxygen atoms in total. The summed E-state index contributed by atoms with van der Waals surface area (Å²) in [6.45, 7) is 1.99. The van der Waals surface area contributed by atoms with Crippen LogP contribution in [0.25, 0.3) is 16.4 Å². The Bertz CT molecular complexity index is 965. The van der Waals surface area contributed by atoms with Crippen molar-refractivity contribution in [3.05, 3.63) is 61.6 Å². The Morgan fingerprint density at radius 3 is 2.17 bits per heavy atom. The van der Waals surface area contributed by atoms with Crippen molar-refractivity contribution < 1.29 is 14.0 Å². The molecule has 0 aliphatic heterocycles. The van der Waals surface area contributed by atoms with E-state index in [9.17, 15) is 9.59 Å².